The number of aromatic nitrogens is 2. The number of ether oxygens (including phenoxy) is 1. The fourth-order valence-electron chi connectivity index (χ4n) is 3.55. The largest absolute Gasteiger partial charge is 0.497 e. The molecule has 27 heavy (non-hydrogen) atoms. The van der Waals surface area contributed by atoms with Gasteiger partial charge in [0.1, 0.15) is 10.6 Å². The second kappa shape index (κ2) is 7.90. The third-order valence-electron chi connectivity index (χ3n) is 4.87. The highest BCUT2D eigenvalue weighted by molar-refractivity contribution is 7.99. The molecule has 3 aromatic rings. The van der Waals surface area contributed by atoms with Crippen molar-refractivity contribution in [3.8, 4) is 11.4 Å². The number of benzene rings is 1. The van der Waals surface area contributed by atoms with Crippen LogP contribution in [0.15, 0.2) is 46.9 Å². The van der Waals surface area contributed by atoms with Crippen molar-refractivity contribution in [1.82, 2.24) is 9.55 Å². The lowest BCUT2D eigenvalue weighted by Gasteiger charge is -2.12. The van der Waals surface area contributed by atoms with Gasteiger partial charge >= 0.3 is 0 Å². The number of nitrogens with zero attached hydrogens (tertiary/aromatic N) is 2. The molecule has 1 aromatic carbocycles. The van der Waals surface area contributed by atoms with Crippen LogP contribution in [0, 0.1) is 0 Å². The van der Waals surface area contributed by atoms with Crippen molar-refractivity contribution in [1.29, 1.82) is 0 Å². The highest BCUT2D eigenvalue weighted by atomic mass is 32.2. The zero-order valence-corrected chi connectivity index (χ0v) is 17.0. The van der Waals surface area contributed by atoms with E-state index in [-0.39, 0.29) is 5.56 Å². The molecule has 0 saturated carbocycles. The molecule has 0 spiro atoms. The molecule has 0 saturated heterocycles. The van der Waals surface area contributed by atoms with Crippen LogP contribution in [0.5, 0.6) is 5.75 Å². The number of fused-ring (bicyclic) bond motifs is 3. The van der Waals surface area contributed by atoms with Crippen LogP contribution in [0.3, 0.4) is 0 Å². The Morgan fingerprint density at radius 3 is 2.78 bits per heavy atom. The molecule has 0 atom stereocenters. The lowest BCUT2D eigenvalue weighted by molar-refractivity contribution is 0.414. The zero-order chi connectivity index (χ0) is 18.8. The van der Waals surface area contributed by atoms with E-state index in [1.807, 2.05) is 30.3 Å². The van der Waals surface area contributed by atoms with Crippen LogP contribution in [0.1, 0.15) is 29.7 Å². The van der Waals surface area contributed by atoms with Gasteiger partial charge in [-0.3, -0.25) is 9.36 Å². The Morgan fingerprint density at radius 2 is 2.04 bits per heavy atom. The Bertz CT molecular complexity index is 1040. The zero-order valence-electron chi connectivity index (χ0n) is 15.4. The molecule has 0 unspecified atom stereocenters. The fourth-order valence-corrected chi connectivity index (χ4v) is 5.60. The predicted molar refractivity (Wildman–Crippen MR) is 114 cm³/mol. The summed E-state index contributed by atoms with van der Waals surface area (Å²) in [7, 11) is 1.64. The molecule has 1 aliphatic rings. The van der Waals surface area contributed by atoms with Crippen molar-refractivity contribution in [3.05, 3.63) is 57.7 Å². The van der Waals surface area contributed by atoms with Gasteiger partial charge in [0.25, 0.3) is 5.56 Å². The molecular weight excluding hydrogens is 376 g/mol. The second-order valence-electron chi connectivity index (χ2n) is 6.58. The standard InChI is InChI=1S/C21H22N2O2S2/c1-3-13-26-21-22-19-18(16-7-5-4-6-8-17(16)27-19)20(24)23(21)14-9-11-15(25-2)12-10-14/h3,9-12H,1,4-8,13H2,2H3. The number of rotatable bonds is 5. The smallest absolute Gasteiger partial charge is 0.267 e. The van der Waals surface area contributed by atoms with Crippen molar-refractivity contribution in [2.45, 2.75) is 37.3 Å². The van der Waals surface area contributed by atoms with Crippen molar-refractivity contribution < 1.29 is 4.74 Å². The first-order valence-electron chi connectivity index (χ1n) is 9.18. The van der Waals surface area contributed by atoms with Gasteiger partial charge in [0.2, 0.25) is 0 Å². The molecule has 4 rings (SSSR count). The minimum Gasteiger partial charge on any atom is -0.497 e. The number of hydrogen-bond donors (Lipinski definition) is 0. The quantitative estimate of drug-likeness (QED) is 0.262. The van der Waals surface area contributed by atoms with E-state index in [0.717, 1.165) is 40.9 Å². The maximum absolute atomic E-state index is 13.6. The van der Waals surface area contributed by atoms with Crippen molar-refractivity contribution in [2.75, 3.05) is 12.9 Å². The summed E-state index contributed by atoms with van der Waals surface area (Å²) in [5, 5.41) is 1.53. The van der Waals surface area contributed by atoms with Gasteiger partial charge in [0, 0.05) is 10.6 Å². The highest BCUT2D eigenvalue weighted by Gasteiger charge is 2.22. The summed E-state index contributed by atoms with van der Waals surface area (Å²) >= 11 is 3.24. The van der Waals surface area contributed by atoms with E-state index in [1.165, 1.54) is 23.3 Å². The topological polar surface area (TPSA) is 44.1 Å². The van der Waals surface area contributed by atoms with E-state index in [2.05, 4.69) is 6.58 Å². The van der Waals surface area contributed by atoms with Gasteiger partial charge in [-0.1, -0.05) is 24.3 Å². The van der Waals surface area contributed by atoms with Crippen LogP contribution in [0.4, 0.5) is 0 Å². The minimum atomic E-state index is 0.0381. The average Bonchev–Trinajstić information content (AvgIpc) is 2.88. The summed E-state index contributed by atoms with van der Waals surface area (Å²) in [6.07, 6.45) is 7.46. The Hall–Kier alpha value is -2.05. The number of aryl methyl sites for hydroxylation is 2. The van der Waals surface area contributed by atoms with Crippen LogP contribution in [-0.4, -0.2) is 22.4 Å². The predicted octanol–water partition coefficient (Wildman–Crippen LogP) is 5.00. The molecule has 0 radical (unpaired) electrons. The van der Waals surface area contributed by atoms with Crippen LogP contribution in [-0.2, 0) is 12.8 Å². The Kier molecular flexibility index (Phi) is 5.36. The Labute approximate surface area is 166 Å². The van der Waals surface area contributed by atoms with Crippen LogP contribution in [0.2, 0.25) is 0 Å². The summed E-state index contributed by atoms with van der Waals surface area (Å²) in [5.41, 5.74) is 2.08. The maximum Gasteiger partial charge on any atom is 0.267 e. The normalized spacial score (nSPS) is 14.0. The summed E-state index contributed by atoms with van der Waals surface area (Å²) in [6, 6.07) is 7.58. The molecule has 1 aliphatic carbocycles. The molecule has 4 nitrogen and oxygen atoms in total. The molecular formula is C21H22N2O2S2. The lowest BCUT2D eigenvalue weighted by atomic mass is 10.1. The van der Waals surface area contributed by atoms with Gasteiger partial charge in [-0.05, 0) is 55.5 Å². The van der Waals surface area contributed by atoms with E-state index < -0.39 is 0 Å². The van der Waals surface area contributed by atoms with E-state index in [9.17, 15) is 4.79 Å². The third kappa shape index (κ3) is 3.44. The van der Waals surface area contributed by atoms with Crippen LogP contribution in [0.25, 0.3) is 15.9 Å². The highest BCUT2D eigenvalue weighted by Crippen LogP contribution is 2.34. The fraction of sp³-hybridized carbons (Fsp3) is 0.333. The molecule has 2 heterocycles. The molecule has 6 heteroatoms. The van der Waals surface area contributed by atoms with Crippen LogP contribution < -0.4 is 10.3 Å². The summed E-state index contributed by atoms with van der Waals surface area (Å²) < 4.78 is 7.00. The number of methoxy groups -OCH3 is 1. The van der Waals surface area contributed by atoms with Crippen LogP contribution >= 0.6 is 23.1 Å². The number of hydrogen-bond acceptors (Lipinski definition) is 5. The summed E-state index contributed by atoms with van der Waals surface area (Å²) in [5.74, 6) is 1.48. The van der Waals surface area contributed by atoms with Gasteiger partial charge in [-0.15, -0.1) is 17.9 Å². The van der Waals surface area contributed by atoms with Gasteiger partial charge in [-0.25, -0.2) is 4.98 Å². The van der Waals surface area contributed by atoms with Gasteiger partial charge in [0.15, 0.2) is 5.16 Å². The molecule has 0 bridgehead atoms. The molecule has 0 amide bonds. The second-order valence-corrected chi connectivity index (χ2v) is 8.65. The first-order valence-corrected chi connectivity index (χ1v) is 11.0. The first kappa shape index (κ1) is 18.3. The summed E-state index contributed by atoms with van der Waals surface area (Å²) in [6.45, 7) is 3.80. The Morgan fingerprint density at radius 1 is 1.26 bits per heavy atom. The maximum atomic E-state index is 13.6. The van der Waals surface area contributed by atoms with Crippen molar-refractivity contribution in [3.63, 3.8) is 0 Å². The monoisotopic (exact) mass is 398 g/mol. The third-order valence-corrected chi connectivity index (χ3v) is 6.99. The molecule has 0 N–H and O–H groups in total. The first-order chi connectivity index (χ1) is 13.2. The minimum absolute atomic E-state index is 0.0381. The molecule has 0 fully saturated rings. The van der Waals surface area contributed by atoms with Gasteiger partial charge in [0.05, 0.1) is 18.2 Å². The van der Waals surface area contributed by atoms with E-state index in [4.69, 9.17) is 9.72 Å². The molecule has 140 valence electrons. The summed E-state index contributed by atoms with van der Waals surface area (Å²) in [4.78, 5) is 20.7. The van der Waals surface area contributed by atoms with E-state index in [0.29, 0.717) is 10.9 Å². The van der Waals surface area contributed by atoms with Gasteiger partial charge in [-0.2, -0.15) is 0 Å². The number of thioether (sulfide) groups is 1. The Balaban J connectivity index is 1.95. The molecule has 0 aliphatic heterocycles. The number of thiophene rings is 1. The van der Waals surface area contributed by atoms with Gasteiger partial charge < -0.3 is 4.74 Å². The SMILES string of the molecule is C=CCSc1nc2sc3c(c2c(=O)n1-c1ccc(OC)cc1)CCCCC3. The van der Waals surface area contributed by atoms with E-state index in [1.54, 1.807) is 34.8 Å². The van der Waals surface area contributed by atoms with E-state index >= 15 is 0 Å². The van der Waals surface area contributed by atoms with Crippen molar-refractivity contribution >= 4 is 33.3 Å². The molecule has 2 aromatic heterocycles. The van der Waals surface area contributed by atoms with Crippen molar-refractivity contribution in [2.24, 2.45) is 0 Å². The average molecular weight is 399 g/mol. The lowest BCUT2D eigenvalue weighted by Crippen LogP contribution is -2.22.